The molecular weight excluding hydrogens is 220 g/mol. The smallest absolute Gasteiger partial charge is 0.324 e. The average Bonchev–Trinajstić information content (AvgIpc) is 2.58. The molecule has 1 heterocycles. The van der Waals surface area contributed by atoms with E-state index in [1.54, 1.807) is 0 Å². The van der Waals surface area contributed by atoms with E-state index in [-0.39, 0.29) is 11.9 Å². The quantitative estimate of drug-likeness (QED) is 0.392. The van der Waals surface area contributed by atoms with E-state index in [2.05, 4.69) is 10.7 Å². The van der Waals surface area contributed by atoms with Gasteiger partial charge in [-0.3, -0.25) is 15.5 Å². The van der Waals surface area contributed by atoms with Gasteiger partial charge in [0, 0.05) is 19.2 Å². The molecule has 1 aliphatic heterocycles. The average molecular weight is 234 g/mol. The number of nitrogens with one attached hydrogen (secondary N) is 2. The van der Waals surface area contributed by atoms with E-state index < -0.39 is 6.04 Å². The molecule has 0 bridgehead atoms. The highest BCUT2D eigenvalue weighted by atomic mass is 16.2. The van der Waals surface area contributed by atoms with Crippen LogP contribution in [0.3, 0.4) is 0 Å². The highest BCUT2D eigenvalue weighted by Crippen LogP contribution is 2.13. The third-order valence-corrected chi connectivity index (χ3v) is 2.79. The molecule has 2 rings (SSSR count). The normalized spacial score (nSPS) is 19.4. The summed E-state index contributed by atoms with van der Waals surface area (Å²) in [5.41, 5.74) is 4.29. The predicted octanol–water partition coefficient (Wildman–Crippen LogP) is 0.0649. The lowest BCUT2D eigenvalue weighted by Crippen LogP contribution is -2.31. The molecule has 0 aliphatic carbocycles. The number of likely N-dealkylation sites (N-methyl/N-ethyl adjacent to an activating group) is 1. The molecule has 0 radical (unpaired) electrons. The lowest BCUT2D eigenvalue weighted by Gasteiger charge is -2.08. The second-order valence-corrected chi connectivity index (χ2v) is 3.94. The minimum Gasteiger partial charge on any atom is -0.325 e. The zero-order valence-corrected chi connectivity index (χ0v) is 9.43. The Morgan fingerprint density at radius 3 is 2.47 bits per heavy atom. The van der Waals surface area contributed by atoms with E-state index in [4.69, 9.17) is 5.84 Å². The van der Waals surface area contributed by atoms with Crippen molar-refractivity contribution in [3.8, 4) is 0 Å². The van der Waals surface area contributed by atoms with Gasteiger partial charge in [0.05, 0.1) is 0 Å². The highest BCUT2D eigenvalue weighted by Gasteiger charge is 2.34. The van der Waals surface area contributed by atoms with Gasteiger partial charge in [0.25, 0.3) is 5.91 Å². The molecule has 1 aliphatic rings. The number of nitrogens with two attached hydrogens (primary N) is 1. The van der Waals surface area contributed by atoms with Gasteiger partial charge in [0.1, 0.15) is 6.04 Å². The summed E-state index contributed by atoms with van der Waals surface area (Å²) in [4.78, 5) is 24.0. The van der Waals surface area contributed by atoms with Crippen LogP contribution in [-0.2, 0) is 11.2 Å². The Morgan fingerprint density at radius 2 is 2.00 bits per heavy atom. The fourth-order valence-corrected chi connectivity index (χ4v) is 1.75. The van der Waals surface area contributed by atoms with Gasteiger partial charge in [0.15, 0.2) is 0 Å². The number of carbonyl (C=O) groups excluding carboxylic acids is 2. The zero-order valence-electron chi connectivity index (χ0n) is 9.43. The van der Waals surface area contributed by atoms with Crippen LogP contribution in [0.15, 0.2) is 24.3 Å². The Kier molecular flexibility index (Phi) is 2.97. The number of hydrogen-bond acceptors (Lipinski definition) is 4. The molecule has 0 aromatic heterocycles. The second kappa shape index (κ2) is 4.42. The number of urea groups is 1. The van der Waals surface area contributed by atoms with Crippen molar-refractivity contribution in [2.45, 2.75) is 12.5 Å². The number of hydrogen-bond donors (Lipinski definition) is 3. The van der Waals surface area contributed by atoms with Crippen molar-refractivity contribution >= 4 is 17.6 Å². The Labute approximate surface area is 98.7 Å². The van der Waals surface area contributed by atoms with Crippen LogP contribution in [0.25, 0.3) is 0 Å². The Bertz CT molecular complexity index is 443. The first-order valence-corrected chi connectivity index (χ1v) is 5.25. The molecule has 1 aromatic rings. The summed E-state index contributed by atoms with van der Waals surface area (Å²) in [6.45, 7) is 0. The van der Waals surface area contributed by atoms with E-state index in [1.165, 1.54) is 7.05 Å². The van der Waals surface area contributed by atoms with E-state index >= 15 is 0 Å². The van der Waals surface area contributed by atoms with Crippen LogP contribution in [-0.4, -0.2) is 29.9 Å². The number of nitrogen functional groups attached to an aromatic ring is 1. The fraction of sp³-hybridized carbons (Fsp3) is 0.273. The van der Waals surface area contributed by atoms with Crippen LogP contribution in [0.5, 0.6) is 0 Å². The third kappa shape index (κ3) is 2.21. The van der Waals surface area contributed by atoms with Gasteiger partial charge < -0.3 is 10.7 Å². The van der Waals surface area contributed by atoms with Crippen LogP contribution < -0.4 is 16.6 Å². The summed E-state index contributed by atoms with van der Waals surface area (Å²) in [6.07, 6.45) is 0.486. The lowest BCUT2D eigenvalue weighted by molar-refractivity contribution is -0.126. The monoisotopic (exact) mass is 234 g/mol. The predicted molar refractivity (Wildman–Crippen MR) is 63.0 cm³/mol. The summed E-state index contributed by atoms with van der Waals surface area (Å²) >= 11 is 0. The summed E-state index contributed by atoms with van der Waals surface area (Å²) in [5.74, 6) is 5.06. The zero-order chi connectivity index (χ0) is 12.4. The Morgan fingerprint density at radius 1 is 1.35 bits per heavy atom. The number of rotatable bonds is 3. The Balaban J connectivity index is 2.06. The number of anilines is 1. The van der Waals surface area contributed by atoms with Gasteiger partial charge in [-0.15, -0.1) is 0 Å². The van der Waals surface area contributed by atoms with E-state index in [0.717, 1.165) is 16.2 Å². The number of hydrazine groups is 1. The fourth-order valence-electron chi connectivity index (χ4n) is 1.75. The van der Waals surface area contributed by atoms with Gasteiger partial charge in [-0.2, -0.15) is 0 Å². The van der Waals surface area contributed by atoms with Gasteiger partial charge in [-0.05, 0) is 17.7 Å². The molecule has 6 nitrogen and oxygen atoms in total. The maximum absolute atomic E-state index is 11.7. The lowest BCUT2D eigenvalue weighted by atomic mass is 10.1. The summed E-state index contributed by atoms with van der Waals surface area (Å²) < 4.78 is 0. The van der Waals surface area contributed by atoms with Gasteiger partial charge in [-0.1, -0.05) is 12.1 Å². The number of nitrogens with zero attached hydrogens (tertiary/aromatic N) is 1. The van der Waals surface area contributed by atoms with Crippen molar-refractivity contribution in [1.82, 2.24) is 10.2 Å². The van der Waals surface area contributed by atoms with Crippen molar-refractivity contribution in [3.05, 3.63) is 29.8 Å². The number of imide groups is 1. The van der Waals surface area contributed by atoms with Crippen LogP contribution in [0.4, 0.5) is 10.5 Å². The van der Waals surface area contributed by atoms with E-state index in [1.807, 2.05) is 24.3 Å². The molecule has 1 atom stereocenters. The largest absolute Gasteiger partial charge is 0.325 e. The molecular formula is C11H14N4O2. The molecule has 3 amide bonds. The highest BCUT2D eigenvalue weighted by molar-refractivity contribution is 6.03. The first-order chi connectivity index (χ1) is 8.11. The van der Waals surface area contributed by atoms with Crippen LogP contribution >= 0.6 is 0 Å². The number of amides is 3. The van der Waals surface area contributed by atoms with Gasteiger partial charge in [0.2, 0.25) is 0 Å². The number of carbonyl (C=O) groups is 2. The van der Waals surface area contributed by atoms with E-state index in [0.29, 0.717) is 6.42 Å². The maximum atomic E-state index is 11.7. The molecule has 90 valence electrons. The molecule has 1 saturated heterocycles. The molecule has 4 N–H and O–H groups in total. The molecule has 1 unspecified atom stereocenters. The minimum absolute atomic E-state index is 0.198. The summed E-state index contributed by atoms with van der Waals surface area (Å²) in [7, 11) is 1.47. The third-order valence-electron chi connectivity index (χ3n) is 2.79. The van der Waals surface area contributed by atoms with Crippen molar-refractivity contribution in [1.29, 1.82) is 0 Å². The number of benzene rings is 1. The molecule has 0 saturated carbocycles. The van der Waals surface area contributed by atoms with Crippen molar-refractivity contribution < 1.29 is 9.59 Å². The van der Waals surface area contributed by atoms with Crippen LogP contribution in [0, 0.1) is 0 Å². The molecule has 0 spiro atoms. The van der Waals surface area contributed by atoms with Crippen molar-refractivity contribution in [2.24, 2.45) is 5.84 Å². The molecule has 1 aromatic carbocycles. The Hall–Kier alpha value is -2.08. The van der Waals surface area contributed by atoms with Crippen molar-refractivity contribution in [2.75, 3.05) is 12.5 Å². The topological polar surface area (TPSA) is 87.5 Å². The molecule has 6 heteroatoms. The molecule has 17 heavy (non-hydrogen) atoms. The van der Waals surface area contributed by atoms with E-state index in [9.17, 15) is 9.59 Å². The standard InChI is InChI=1S/C11H14N4O2/c1-15-10(16)9(13-11(15)17)6-7-2-4-8(14-12)5-3-7/h2-5,9,14H,6,12H2,1H3,(H,13,17). The first kappa shape index (κ1) is 11.4. The van der Waals surface area contributed by atoms with Crippen molar-refractivity contribution in [3.63, 3.8) is 0 Å². The minimum atomic E-state index is -0.468. The second-order valence-electron chi connectivity index (χ2n) is 3.94. The summed E-state index contributed by atoms with van der Waals surface area (Å²) in [6, 6.07) is 6.56. The van der Waals surface area contributed by atoms with Crippen LogP contribution in [0.1, 0.15) is 5.56 Å². The van der Waals surface area contributed by atoms with Crippen LogP contribution in [0.2, 0.25) is 0 Å². The maximum Gasteiger partial charge on any atom is 0.324 e. The SMILES string of the molecule is CN1C(=O)NC(Cc2ccc(NN)cc2)C1=O. The van der Waals surface area contributed by atoms with Gasteiger partial charge >= 0.3 is 6.03 Å². The molecule has 1 fully saturated rings. The first-order valence-electron chi connectivity index (χ1n) is 5.25. The van der Waals surface area contributed by atoms with Gasteiger partial charge in [-0.25, -0.2) is 4.79 Å². The summed E-state index contributed by atoms with van der Waals surface area (Å²) in [5, 5.41) is 2.63.